The number of aromatic nitrogens is 5. The van der Waals surface area contributed by atoms with Crippen LogP contribution in [-0.4, -0.2) is 41.3 Å². The van der Waals surface area contributed by atoms with E-state index in [0.717, 1.165) is 0 Å². The number of benzene rings is 1. The number of hydrogen-bond donors (Lipinski definition) is 2. The highest BCUT2D eigenvalue weighted by Gasteiger charge is 2.36. The third-order valence-electron chi connectivity index (χ3n) is 5.61. The molecule has 170 valence electrons. The van der Waals surface area contributed by atoms with Crippen LogP contribution >= 0.6 is 0 Å². The summed E-state index contributed by atoms with van der Waals surface area (Å²) in [5.74, 6) is 0.752. The van der Waals surface area contributed by atoms with E-state index >= 15 is 0 Å². The van der Waals surface area contributed by atoms with E-state index in [9.17, 15) is 19.0 Å². The molecule has 3 aromatic heterocycles. The summed E-state index contributed by atoms with van der Waals surface area (Å²) in [4.78, 5) is 17.7. The van der Waals surface area contributed by atoms with Crippen molar-refractivity contribution in [3.05, 3.63) is 66.0 Å². The lowest BCUT2D eigenvalue weighted by Gasteiger charge is -2.18. The fourth-order valence-corrected chi connectivity index (χ4v) is 4.12. The molecule has 10 heteroatoms. The summed E-state index contributed by atoms with van der Waals surface area (Å²) in [6.45, 7) is 0.236. The van der Waals surface area contributed by atoms with Gasteiger partial charge in [-0.2, -0.15) is 8.78 Å². The third-order valence-corrected chi connectivity index (χ3v) is 5.61. The summed E-state index contributed by atoms with van der Waals surface area (Å²) in [7, 11) is 0. The van der Waals surface area contributed by atoms with Crippen LogP contribution in [0.5, 0.6) is 5.75 Å². The van der Waals surface area contributed by atoms with Crippen LogP contribution in [0.1, 0.15) is 49.6 Å². The van der Waals surface area contributed by atoms with E-state index in [1.165, 1.54) is 6.07 Å². The lowest BCUT2D eigenvalue weighted by molar-refractivity contribution is -0.0507. The fraction of sp³-hybridized carbons (Fsp3) is 0.304. The second-order valence-corrected chi connectivity index (χ2v) is 8.42. The molecule has 4 heterocycles. The Morgan fingerprint density at radius 3 is 2.52 bits per heavy atom. The number of alkyl halides is 2. The van der Waals surface area contributed by atoms with E-state index in [1.54, 1.807) is 61.1 Å². The molecule has 2 N–H and O–H groups in total. The van der Waals surface area contributed by atoms with Crippen LogP contribution in [0.2, 0.25) is 0 Å². The molecule has 1 aromatic carbocycles. The molecule has 0 amide bonds. The van der Waals surface area contributed by atoms with Crippen molar-refractivity contribution < 1.29 is 23.7 Å². The summed E-state index contributed by atoms with van der Waals surface area (Å²) in [5, 5.41) is 20.7. The zero-order valence-electron chi connectivity index (χ0n) is 17.9. The second kappa shape index (κ2) is 7.82. The highest BCUT2D eigenvalue weighted by atomic mass is 19.3. The first-order chi connectivity index (χ1) is 15.7. The van der Waals surface area contributed by atoms with Crippen LogP contribution in [0.4, 0.5) is 8.78 Å². The van der Waals surface area contributed by atoms with Crippen molar-refractivity contribution in [3.8, 4) is 17.0 Å². The Kier molecular flexibility index (Phi) is 5.06. The molecular formula is C23H21F2N5O3. The van der Waals surface area contributed by atoms with Gasteiger partial charge in [0.1, 0.15) is 28.8 Å². The maximum absolute atomic E-state index is 13.0. The molecule has 0 saturated heterocycles. The Hall–Kier alpha value is -3.50. The predicted molar refractivity (Wildman–Crippen MR) is 115 cm³/mol. The molecule has 0 spiro atoms. The van der Waals surface area contributed by atoms with Crippen LogP contribution in [0.25, 0.3) is 22.4 Å². The summed E-state index contributed by atoms with van der Waals surface area (Å²) < 4.78 is 32.4. The zero-order chi connectivity index (χ0) is 23.3. The van der Waals surface area contributed by atoms with Gasteiger partial charge in [-0.15, -0.1) is 0 Å². The van der Waals surface area contributed by atoms with Gasteiger partial charge >= 0.3 is 6.61 Å². The molecule has 0 radical (unpaired) electrons. The number of ether oxygens (including phenoxy) is 1. The van der Waals surface area contributed by atoms with E-state index in [2.05, 4.69) is 15.0 Å². The van der Waals surface area contributed by atoms with Crippen molar-refractivity contribution in [3.63, 3.8) is 0 Å². The first-order valence-corrected chi connectivity index (χ1v) is 10.4. The highest BCUT2D eigenvalue weighted by molar-refractivity contribution is 5.76. The van der Waals surface area contributed by atoms with Crippen LogP contribution < -0.4 is 4.74 Å². The molecule has 1 aliphatic rings. The molecule has 2 unspecified atom stereocenters. The zero-order valence-corrected chi connectivity index (χ0v) is 17.9. The number of para-hydroxylation sites is 1. The summed E-state index contributed by atoms with van der Waals surface area (Å²) in [6.07, 6.45) is 2.54. The van der Waals surface area contributed by atoms with Crippen molar-refractivity contribution >= 4 is 11.2 Å². The average Bonchev–Trinajstić information content (AvgIpc) is 3.30. The number of rotatable bonds is 5. The lowest BCUT2D eigenvalue weighted by Crippen LogP contribution is -2.19. The van der Waals surface area contributed by atoms with Gasteiger partial charge in [0.15, 0.2) is 11.5 Å². The van der Waals surface area contributed by atoms with E-state index < -0.39 is 24.4 Å². The van der Waals surface area contributed by atoms with Gasteiger partial charge in [0.25, 0.3) is 0 Å². The van der Waals surface area contributed by atoms with Crippen LogP contribution in [-0.2, 0) is 5.60 Å². The third kappa shape index (κ3) is 3.81. The number of halogens is 2. The minimum absolute atomic E-state index is 0.0474. The number of hydrogen-bond acceptors (Lipinski definition) is 7. The van der Waals surface area contributed by atoms with Gasteiger partial charge in [-0.05, 0) is 32.0 Å². The smallest absolute Gasteiger partial charge is 0.387 e. The molecule has 2 atom stereocenters. The first kappa shape index (κ1) is 21.4. The van der Waals surface area contributed by atoms with Crippen molar-refractivity contribution in [2.75, 3.05) is 0 Å². The SMILES string of the molecule is CC(C)(O)c1ncc(-c2ccc3nc4n(c3n2)C(c2ccccc2OC(F)F)CC4O)cn1. The molecule has 8 nitrogen and oxygen atoms in total. The number of aliphatic hydroxyl groups excluding tert-OH is 1. The Balaban J connectivity index is 1.60. The summed E-state index contributed by atoms with van der Waals surface area (Å²) in [5.41, 5.74) is 1.63. The van der Waals surface area contributed by atoms with E-state index in [4.69, 9.17) is 9.72 Å². The Morgan fingerprint density at radius 2 is 1.82 bits per heavy atom. The van der Waals surface area contributed by atoms with Crippen LogP contribution in [0, 0.1) is 0 Å². The highest BCUT2D eigenvalue weighted by Crippen LogP contribution is 2.43. The fourth-order valence-electron chi connectivity index (χ4n) is 4.12. The number of aliphatic hydroxyl groups is 2. The Labute approximate surface area is 187 Å². The summed E-state index contributed by atoms with van der Waals surface area (Å²) in [6, 6.07) is 9.59. The molecule has 1 aliphatic heterocycles. The normalized spacial score (nSPS) is 18.2. The molecule has 0 aliphatic carbocycles. The minimum Gasteiger partial charge on any atom is -0.434 e. The van der Waals surface area contributed by atoms with Gasteiger partial charge in [-0.1, -0.05) is 18.2 Å². The second-order valence-electron chi connectivity index (χ2n) is 8.42. The summed E-state index contributed by atoms with van der Waals surface area (Å²) >= 11 is 0. The number of imidazole rings is 1. The van der Waals surface area contributed by atoms with E-state index in [-0.39, 0.29) is 18.0 Å². The monoisotopic (exact) mass is 453 g/mol. The maximum Gasteiger partial charge on any atom is 0.387 e. The van der Waals surface area contributed by atoms with Gasteiger partial charge in [0.2, 0.25) is 0 Å². The van der Waals surface area contributed by atoms with E-state index in [0.29, 0.717) is 33.8 Å². The van der Waals surface area contributed by atoms with Gasteiger partial charge in [-0.3, -0.25) is 0 Å². The molecular weight excluding hydrogens is 432 g/mol. The van der Waals surface area contributed by atoms with Crippen molar-refractivity contribution in [1.82, 2.24) is 24.5 Å². The first-order valence-electron chi connectivity index (χ1n) is 10.4. The predicted octanol–water partition coefficient (Wildman–Crippen LogP) is 3.74. The van der Waals surface area contributed by atoms with Crippen molar-refractivity contribution in [1.29, 1.82) is 0 Å². The Morgan fingerprint density at radius 1 is 1.09 bits per heavy atom. The molecule has 0 fully saturated rings. The van der Waals surface area contributed by atoms with Gasteiger partial charge in [0, 0.05) is 29.9 Å². The molecule has 0 bridgehead atoms. The molecule has 4 aromatic rings. The van der Waals surface area contributed by atoms with Gasteiger partial charge in [0.05, 0.1) is 11.7 Å². The molecule has 5 rings (SSSR count). The van der Waals surface area contributed by atoms with E-state index in [1.807, 2.05) is 0 Å². The molecule has 33 heavy (non-hydrogen) atoms. The molecule has 0 saturated carbocycles. The number of pyridine rings is 1. The maximum atomic E-state index is 13.0. The standard InChI is InChI=1S/C23H21F2N5O3/c1-23(2,32)21-26-10-12(11-27-21)14-7-8-15-19(28-14)30-16(9-17(31)20(30)29-15)13-5-3-4-6-18(13)33-22(24)25/h3-8,10-11,16-17,22,31-32H,9H2,1-2H3. The Bertz CT molecular complexity index is 1320. The van der Waals surface area contributed by atoms with Crippen molar-refractivity contribution in [2.45, 2.75) is 44.6 Å². The van der Waals surface area contributed by atoms with Crippen LogP contribution in [0.15, 0.2) is 48.8 Å². The number of fused-ring (bicyclic) bond motifs is 3. The van der Waals surface area contributed by atoms with Crippen LogP contribution in [0.3, 0.4) is 0 Å². The topological polar surface area (TPSA) is 106 Å². The van der Waals surface area contributed by atoms with Gasteiger partial charge in [-0.25, -0.2) is 19.9 Å². The lowest BCUT2D eigenvalue weighted by atomic mass is 10.0. The minimum atomic E-state index is -2.96. The van der Waals surface area contributed by atoms with Crippen molar-refractivity contribution in [2.24, 2.45) is 0 Å². The number of nitrogens with zero attached hydrogens (tertiary/aromatic N) is 5. The quantitative estimate of drug-likeness (QED) is 0.474. The average molecular weight is 453 g/mol. The van der Waals surface area contributed by atoms with Gasteiger partial charge < -0.3 is 19.5 Å². The largest absolute Gasteiger partial charge is 0.434 e.